The largest absolute Gasteiger partial charge is 0.338 e. The van der Waals surface area contributed by atoms with E-state index in [0.717, 1.165) is 12.3 Å². The van der Waals surface area contributed by atoms with Crippen molar-refractivity contribution in [2.24, 2.45) is 17.8 Å². The molecule has 0 aliphatic heterocycles. The Morgan fingerprint density at radius 2 is 2.13 bits per heavy atom. The van der Waals surface area contributed by atoms with Crippen LogP contribution < -0.4 is 5.32 Å². The lowest BCUT2D eigenvalue weighted by atomic mass is 9.87. The maximum atomic E-state index is 11.9. The normalized spacial score (nSPS) is 33.8. The highest BCUT2D eigenvalue weighted by molar-refractivity contribution is 5.80. The number of nitrogens with one attached hydrogen (secondary N) is 1. The van der Waals surface area contributed by atoms with E-state index < -0.39 is 5.54 Å². The molecule has 0 spiro atoms. The minimum Gasteiger partial charge on any atom is -0.338 e. The number of rotatable bonds is 2. The monoisotopic (exact) mass is 206 g/mol. The van der Waals surface area contributed by atoms with Gasteiger partial charge in [0.15, 0.2) is 0 Å². The molecule has 2 aliphatic carbocycles. The highest BCUT2D eigenvalue weighted by atomic mass is 16.2. The van der Waals surface area contributed by atoms with Crippen LogP contribution in [0.2, 0.25) is 0 Å². The van der Waals surface area contributed by atoms with Crippen LogP contribution in [0.25, 0.3) is 0 Å². The van der Waals surface area contributed by atoms with Crippen molar-refractivity contribution in [2.45, 2.75) is 45.1 Å². The van der Waals surface area contributed by atoms with Gasteiger partial charge in [-0.25, -0.2) is 0 Å². The average Bonchev–Trinajstić information content (AvgIpc) is 2.78. The van der Waals surface area contributed by atoms with Gasteiger partial charge in [-0.3, -0.25) is 4.79 Å². The molecule has 0 heterocycles. The van der Waals surface area contributed by atoms with Crippen molar-refractivity contribution in [2.75, 3.05) is 0 Å². The minimum absolute atomic E-state index is 0.0914. The number of fused-ring (bicyclic) bond motifs is 2. The van der Waals surface area contributed by atoms with Gasteiger partial charge in [0, 0.05) is 5.92 Å². The van der Waals surface area contributed by atoms with Crippen LogP contribution in [0.3, 0.4) is 0 Å². The zero-order chi connectivity index (χ0) is 11.1. The van der Waals surface area contributed by atoms with E-state index in [4.69, 9.17) is 5.26 Å². The van der Waals surface area contributed by atoms with Gasteiger partial charge in [0.1, 0.15) is 5.54 Å². The van der Waals surface area contributed by atoms with Gasteiger partial charge < -0.3 is 5.32 Å². The van der Waals surface area contributed by atoms with Crippen molar-refractivity contribution < 1.29 is 4.79 Å². The molecule has 1 amide bonds. The van der Waals surface area contributed by atoms with E-state index in [1.807, 2.05) is 0 Å². The number of nitrogens with zero attached hydrogens (tertiary/aromatic N) is 1. The Morgan fingerprint density at radius 3 is 2.60 bits per heavy atom. The van der Waals surface area contributed by atoms with E-state index in [1.165, 1.54) is 19.3 Å². The molecular weight excluding hydrogens is 188 g/mol. The van der Waals surface area contributed by atoms with Crippen molar-refractivity contribution in [3.63, 3.8) is 0 Å². The van der Waals surface area contributed by atoms with Gasteiger partial charge in [0.25, 0.3) is 0 Å². The van der Waals surface area contributed by atoms with Crippen molar-refractivity contribution in [3.8, 4) is 6.07 Å². The first-order valence-electron chi connectivity index (χ1n) is 5.75. The van der Waals surface area contributed by atoms with Crippen LogP contribution in [0.5, 0.6) is 0 Å². The second-order valence-electron chi connectivity index (χ2n) is 5.51. The molecule has 3 heteroatoms. The zero-order valence-corrected chi connectivity index (χ0v) is 9.42. The van der Waals surface area contributed by atoms with Gasteiger partial charge in [0.2, 0.25) is 5.91 Å². The van der Waals surface area contributed by atoms with Gasteiger partial charge >= 0.3 is 0 Å². The van der Waals surface area contributed by atoms with Gasteiger partial charge in [0.05, 0.1) is 6.07 Å². The third kappa shape index (κ3) is 1.99. The van der Waals surface area contributed by atoms with E-state index in [2.05, 4.69) is 11.4 Å². The predicted octanol–water partition coefficient (Wildman–Crippen LogP) is 1.84. The van der Waals surface area contributed by atoms with E-state index in [1.54, 1.807) is 13.8 Å². The number of hydrogen-bond acceptors (Lipinski definition) is 2. The predicted molar refractivity (Wildman–Crippen MR) is 56.8 cm³/mol. The summed E-state index contributed by atoms with van der Waals surface area (Å²) in [5.41, 5.74) is -0.723. The van der Waals surface area contributed by atoms with E-state index in [9.17, 15) is 4.79 Å². The summed E-state index contributed by atoms with van der Waals surface area (Å²) in [6.45, 7) is 3.50. The van der Waals surface area contributed by atoms with Crippen LogP contribution >= 0.6 is 0 Å². The Balaban J connectivity index is 1.96. The molecule has 2 saturated carbocycles. The second-order valence-corrected chi connectivity index (χ2v) is 5.51. The first-order valence-corrected chi connectivity index (χ1v) is 5.75. The van der Waals surface area contributed by atoms with E-state index in [-0.39, 0.29) is 11.8 Å². The molecule has 1 N–H and O–H groups in total. The Morgan fingerprint density at radius 1 is 1.40 bits per heavy atom. The molecule has 0 radical (unpaired) electrons. The summed E-state index contributed by atoms with van der Waals surface area (Å²) in [6, 6.07) is 2.11. The van der Waals surface area contributed by atoms with Crippen molar-refractivity contribution in [1.29, 1.82) is 5.26 Å². The van der Waals surface area contributed by atoms with Crippen LogP contribution in [0, 0.1) is 29.1 Å². The second kappa shape index (κ2) is 3.52. The maximum absolute atomic E-state index is 11.9. The first-order chi connectivity index (χ1) is 7.02. The van der Waals surface area contributed by atoms with Gasteiger partial charge in [-0.1, -0.05) is 6.42 Å². The average molecular weight is 206 g/mol. The third-order valence-electron chi connectivity index (χ3n) is 3.79. The van der Waals surface area contributed by atoms with Crippen molar-refractivity contribution >= 4 is 5.91 Å². The fraction of sp³-hybridized carbons (Fsp3) is 0.833. The molecular formula is C12H18N2O. The van der Waals surface area contributed by atoms with E-state index in [0.29, 0.717) is 5.92 Å². The standard InChI is InChI=1S/C12H18N2O/c1-12(2,7-13)14-11(15)10-6-8-3-4-9(10)5-8/h8-10H,3-6H2,1-2H3,(H,14,15). The van der Waals surface area contributed by atoms with E-state index >= 15 is 0 Å². The lowest BCUT2D eigenvalue weighted by Gasteiger charge is -2.25. The summed E-state index contributed by atoms with van der Waals surface area (Å²) in [4.78, 5) is 11.9. The first kappa shape index (κ1) is 10.5. The maximum Gasteiger partial charge on any atom is 0.224 e. The highest BCUT2D eigenvalue weighted by Gasteiger charge is 2.43. The summed E-state index contributed by atoms with van der Waals surface area (Å²) in [5, 5.41) is 11.7. The van der Waals surface area contributed by atoms with Crippen molar-refractivity contribution in [3.05, 3.63) is 0 Å². The van der Waals surface area contributed by atoms with Crippen LogP contribution in [0.15, 0.2) is 0 Å². The topological polar surface area (TPSA) is 52.9 Å². The molecule has 82 valence electrons. The molecule has 0 aromatic heterocycles. The Kier molecular flexibility index (Phi) is 2.46. The number of nitriles is 1. The smallest absolute Gasteiger partial charge is 0.224 e. The number of hydrogen-bond donors (Lipinski definition) is 1. The van der Waals surface area contributed by atoms with Crippen LogP contribution in [-0.2, 0) is 4.79 Å². The van der Waals surface area contributed by atoms with Gasteiger partial charge in [-0.05, 0) is 44.9 Å². The summed E-state index contributed by atoms with van der Waals surface area (Å²) in [7, 11) is 0. The summed E-state index contributed by atoms with van der Waals surface area (Å²) >= 11 is 0. The van der Waals surface area contributed by atoms with Crippen molar-refractivity contribution in [1.82, 2.24) is 5.32 Å². The summed E-state index contributed by atoms with van der Waals surface area (Å²) < 4.78 is 0. The molecule has 15 heavy (non-hydrogen) atoms. The molecule has 2 bridgehead atoms. The highest BCUT2D eigenvalue weighted by Crippen LogP contribution is 2.48. The minimum atomic E-state index is -0.723. The SMILES string of the molecule is CC(C)(C#N)NC(=O)C1CC2CCC1C2. The van der Waals surface area contributed by atoms with Crippen LogP contribution in [-0.4, -0.2) is 11.4 Å². The zero-order valence-electron chi connectivity index (χ0n) is 9.42. The Hall–Kier alpha value is -1.04. The molecule has 0 aromatic carbocycles. The number of carbonyl (C=O) groups is 1. The Bertz CT molecular complexity index is 316. The van der Waals surface area contributed by atoms with Gasteiger partial charge in [-0.2, -0.15) is 5.26 Å². The molecule has 3 atom stereocenters. The lowest BCUT2D eigenvalue weighted by molar-refractivity contribution is -0.127. The fourth-order valence-electron chi connectivity index (χ4n) is 2.99. The quantitative estimate of drug-likeness (QED) is 0.749. The Labute approximate surface area is 90.8 Å². The summed E-state index contributed by atoms with van der Waals surface area (Å²) in [6.07, 6.45) is 4.77. The molecule has 3 nitrogen and oxygen atoms in total. The number of amides is 1. The molecule has 2 fully saturated rings. The molecule has 0 saturated heterocycles. The molecule has 3 unspecified atom stereocenters. The van der Waals surface area contributed by atoms with Crippen LogP contribution in [0.1, 0.15) is 39.5 Å². The number of carbonyl (C=O) groups excluding carboxylic acids is 1. The third-order valence-corrected chi connectivity index (χ3v) is 3.79. The van der Waals surface area contributed by atoms with Gasteiger partial charge in [-0.15, -0.1) is 0 Å². The molecule has 0 aromatic rings. The fourth-order valence-corrected chi connectivity index (χ4v) is 2.99. The molecule has 2 aliphatic rings. The van der Waals surface area contributed by atoms with Crippen LogP contribution in [0.4, 0.5) is 0 Å². The summed E-state index contributed by atoms with van der Waals surface area (Å²) in [5.74, 6) is 1.63. The lowest BCUT2D eigenvalue weighted by Crippen LogP contribution is -2.46. The molecule has 2 rings (SSSR count).